The number of anilines is 1. The number of aryl methyl sites for hydroxylation is 1. The number of aromatic nitrogens is 3. The third-order valence-electron chi connectivity index (χ3n) is 4.74. The van der Waals surface area contributed by atoms with E-state index in [1.165, 1.54) is 0 Å². The van der Waals surface area contributed by atoms with E-state index in [-0.39, 0.29) is 17.9 Å². The van der Waals surface area contributed by atoms with E-state index in [4.69, 9.17) is 5.73 Å². The molecule has 3 N–H and O–H groups in total. The van der Waals surface area contributed by atoms with Crippen LogP contribution in [-0.4, -0.2) is 21.0 Å². The summed E-state index contributed by atoms with van der Waals surface area (Å²) in [5.74, 6) is -0.107. The molecule has 0 atom stereocenters. The number of nitrogens with two attached hydrogens (primary N) is 1. The van der Waals surface area contributed by atoms with Crippen LogP contribution >= 0.6 is 0 Å². The van der Waals surface area contributed by atoms with E-state index in [1.807, 2.05) is 48.7 Å². The zero-order chi connectivity index (χ0) is 18.8. The minimum atomic E-state index is -0.107. The highest BCUT2D eigenvalue weighted by Crippen LogP contribution is 2.27. The van der Waals surface area contributed by atoms with Crippen LogP contribution in [0.4, 0.5) is 5.69 Å². The van der Waals surface area contributed by atoms with E-state index in [1.54, 1.807) is 6.20 Å². The molecular weight excluding hydrogens is 336 g/mol. The lowest BCUT2D eigenvalue weighted by atomic mass is 10.0. The Morgan fingerprint density at radius 3 is 2.67 bits per heavy atom. The number of nitrogens with one attached hydrogen (secondary N) is 1. The molecule has 2 aromatic carbocycles. The molecule has 4 rings (SSSR count). The molecule has 0 radical (unpaired) electrons. The highest BCUT2D eigenvalue weighted by molar-refractivity contribution is 6.03. The number of hydrogen-bond acceptors (Lipinski definition) is 4. The molecule has 0 bridgehead atoms. The standard InChI is InChI=1S/C22H20N4O/c1-2-14-9-18(13-24-12-14)21-20(23)22(26-25-21)19(27)11-15-7-8-16-5-3-4-6-17(16)10-15/h3-10,12-13H,2,11,23H2,1H3,(H,25,26). The van der Waals surface area contributed by atoms with Crippen LogP contribution < -0.4 is 5.73 Å². The van der Waals surface area contributed by atoms with Crippen LogP contribution in [0.3, 0.4) is 0 Å². The molecule has 27 heavy (non-hydrogen) atoms. The summed E-state index contributed by atoms with van der Waals surface area (Å²) in [5, 5.41) is 9.34. The molecule has 0 amide bonds. The molecule has 0 unspecified atom stereocenters. The monoisotopic (exact) mass is 356 g/mol. The van der Waals surface area contributed by atoms with E-state index >= 15 is 0 Å². The first-order chi connectivity index (χ1) is 13.2. The number of pyridine rings is 1. The number of carbonyl (C=O) groups is 1. The summed E-state index contributed by atoms with van der Waals surface area (Å²) in [6.07, 6.45) is 4.68. The average Bonchev–Trinajstić information content (AvgIpc) is 3.09. The van der Waals surface area contributed by atoms with E-state index < -0.39 is 0 Å². The van der Waals surface area contributed by atoms with Gasteiger partial charge in [0.15, 0.2) is 11.5 Å². The second-order valence-electron chi connectivity index (χ2n) is 6.58. The fourth-order valence-corrected chi connectivity index (χ4v) is 3.22. The van der Waals surface area contributed by atoms with Crippen molar-refractivity contribution in [3.8, 4) is 11.3 Å². The van der Waals surface area contributed by atoms with Gasteiger partial charge in [-0.05, 0) is 34.4 Å². The number of aromatic amines is 1. The lowest BCUT2D eigenvalue weighted by Gasteiger charge is -2.04. The van der Waals surface area contributed by atoms with E-state index in [0.717, 1.165) is 33.9 Å². The summed E-state index contributed by atoms with van der Waals surface area (Å²) in [4.78, 5) is 17.0. The second-order valence-corrected chi connectivity index (χ2v) is 6.58. The van der Waals surface area contributed by atoms with Crippen molar-refractivity contribution < 1.29 is 4.79 Å². The van der Waals surface area contributed by atoms with Gasteiger partial charge in [0.25, 0.3) is 0 Å². The molecule has 0 fully saturated rings. The Labute approximate surface area is 157 Å². The van der Waals surface area contributed by atoms with Gasteiger partial charge in [-0.3, -0.25) is 14.9 Å². The fraction of sp³-hybridized carbons (Fsp3) is 0.136. The first kappa shape index (κ1) is 17.0. The summed E-state index contributed by atoms with van der Waals surface area (Å²) < 4.78 is 0. The van der Waals surface area contributed by atoms with E-state index in [9.17, 15) is 4.79 Å². The van der Waals surface area contributed by atoms with Crippen LogP contribution in [0.1, 0.15) is 28.5 Å². The van der Waals surface area contributed by atoms with Crippen molar-refractivity contribution in [3.05, 3.63) is 77.7 Å². The Morgan fingerprint density at radius 1 is 1.04 bits per heavy atom. The zero-order valence-corrected chi connectivity index (χ0v) is 15.1. The predicted molar refractivity (Wildman–Crippen MR) is 108 cm³/mol. The van der Waals surface area contributed by atoms with Crippen LogP contribution in [-0.2, 0) is 12.8 Å². The molecule has 0 aliphatic carbocycles. The minimum Gasteiger partial charge on any atom is -0.395 e. The molecule has 0 saturated heterocycles. The van der Waals surface area contributed by atoms with Crippen LogP contribution in [0.5, 0.6) is 0 Å². The minimum absolute atomic E-state index is 0.107. The van der Waals surface area contributed by atoms with Gasteiger partial charge < -0.3 is 5.73 Å². The average molecular weight is 356 g/mol. The Hall–Kier alpha value is -3.47. The van der Waals surface area contributed by atoms with Gasteiger partial charge in [0.1, 0.15) is 0 Å². The molecule has 2 heterocycles. The van der Waals surface area contributed by atoms with Crippen molar-refractivity contribution >= 4 is 22.2 Å². The number of nitrogen functional groups attached to an aromatic ring is 1. The Morgan fingerprint density at radius 2 is 1.85 bits per heavy atom. The summed E-state index contributed by atoms with van der Waals surface area (Å²) in [7, 11) is 0. The number of fused-ring (bicyclic) bond motifs is 1. The zero-order valence-electron chi connectivity index (χ0n) is 15.1. The summed E-state index contributed by atoms with van der Waals surface area (Å²) in [5.41, 5.74) is 10.4. The lowest BCUT2D eigenvalue weighted by Crippen LogP contribution is -2.07. The maximum absolute atomic E-state index is 12.8. The second kappa shape index (κ2) is 7.03. The molecule has 0 aliphatic rings. The van der Waals surface area contributed by atoms with E-state index in [0.29, 0.717) is 11.4 Å². The van der Waals surface area contributed by atoms with Gasteiger partial charge in [0.05, 0.1) is 11.4 Å². The Balaban J connectivity index is 1.61. The van der Waals surface area contributed by atoms with Crippen LogP contribution in [0.2, 0.25) is 0 Å². The van der Waals surface area contributed by atoms with Crippen molar-refractivity contribution in [1.29, 1.82) is 0 Å². The van der Waals surface area contributed by atoms with Gasteiger partial charge in [-0.25, -0.2) is 0 Å². The topological polar surface area (TPSA) is 84.7 Å². The third-order valence-corrected chi connectivity index (χ3v) is 4.74. The van der Waals surface area contributed by atoms with Gasteiger partial charge in [0, 0.05) is 24.4 Å². The number of carbonyl (C=O) groups excluding carboxylic acids is 1. The number of hydrogen-bond donors (Lipinski definition) is 2. The Kier molecular flexibility index (Phi) is 4.42. The quantitative estimate of drug-likeness (QED) is 0.525. The Bertz CT molecular complexity index is 1130. The summed E-state index contributed by atoms with van der Waals surface area (Å²) in [6, 6.07) is 16.1. The first-order valence-corrected chi connectivity index (χ1v) is 8.94. The molecule has 0 saturated carbocycles. The summed E-state index contributed by atoms with van der Waals surface area (Å²) in [6.45, 7) is 2.07. The molecule has 134 valence electrons. The largest absolute Gasteiger partial charge is 0.395 e. The van der Waals surface area contributed by atoms with E-state index in [2.05, 4.69) is 28.2 Å². The number of nitrogens with zero attached hydrogens (tertiary/aromatic N) is 2. The molecular formula is C22H20N4O. The van der Waals surface area contributed by atoms with Crippen LogP contribution in [0, 0.1) is 0 Å². The predicted octanol–water partition coefficient (Wildman–Crippen LogP) is 4.19. The molecule has 0 spiro atoms. The number of rotatable bonds is 5. The lowest BCUT2D eigenvalue weighted by molar-refractivity contribution is 0.0989. The van der Waals surface area contributed by atoms with Gasteiger partial charge in [-0.1, -0.05) is 49.4 Å². The van der Waals surface area contributed by atoms with Crippen molar-refractivity contribution in [1.82, 2.24) is 15.2 Å². The maximum atomic E-state index is 12.8. The number of H-pyrrole nitrogens is 1. The SMILES string of the molecule is CCc1cncc(-c2[nH]nc(C(=O)Cc3ccc4ccccc4c3)c2N)c1. The van der Waals surface area contributed by atoms with Crippen LogP contribution in [0.15, 0.2) is 60.9 Å². The molecule has 2 aromatic heterocycles. The highest BCUT2D eigenvalue weighted by Gasteiger charge is 2.19. The maximum Gasteiger partial charge on any atom is 0.189 e. The van der Waals surface area contributed by atoms with Gasteiger partial charge >= 0.3 is 0 Å². The van der Waals surface area contributed by atoms with Gasteiger partial charge in [-0.15, -0.1) is 0 Å². The molecule has 5 heteroatoms. The number of ketones is 1. The number of Topliss-reactive ketones (excluding diaryl/α,β-unsaturated/α-hetero) is 1. The van der Waals surface area contributed by atoms with Crippen molar-refractivity contribution in [2.75, 3.05) is 5.73 Å². The summed E-state index contributed by atoms with van der Waals surface area (Å²) >= 11 is 0. The van der Waals surface area contributed by atoms with Crippen molar-refractivity contribution in [2.45, 2.75) is 19.8 Å². The number of benzene rings is 2. The first-order valence-electron chi connectivity index (χ1n) is 8.94. The van der Waals surface area contributed by atoms with Crippen molar-refractivity contribution in [3.63, 3.8) is 0 Å². The fourth-order valence-electron chi connectivity index (χ4n) is 3.22. The molecule has 4 aromatic rings. The third kappa shape index (κ3) is 3.31. The highest BCUT2D eigenvalue weighted by atomic mass is 16.1. The smallest absolute Gasteiger partial charge is 0.189 e. The molecule has 5 nitrogen and oxygen atoms in total. The van der Waals surface area contributed by atoms with Gasteiger partial charge in [0.2, 0.25) is 0 Å². The normalized spacial score (nSPS) is 11.0. The van der Waals surface area contributed by atoms with Crippen molar-refractivity contribution in [2.24, 2.45) is 0 Å². The van der Waals surface area contributed by atoms with Crippen LogP contribution in [0.25, 0.3) is 22.0 Å². The molecule has 0 aliphatic heterocycles. The van der Waals surface area contributed by atoms with Gasteiger partial charge in [-0.2, -0.15) is 5.10 Å².